The number of hydrogen-bond acceptors (Lipinski definition) is 4. The summed E-state index contributed by atoms with van der Waals surface area (Å²) in [7, 11) is 0. The molecule has 1 aliphatic heterocycles. The Kier molecular flexibility index (Phi) is 5.13. The van der Waals surface area contributed by atoms with Crippen molar-refractivity contribution in [2.75, 3.05) is 19.6 Å². The lowest BCUT2D eigenvalue weighted by molar-refractivity contribution is -0.127. The van der Waals surface area contributed by atoms with Gasteiger partial charge >= 0.3 is 0 Å². The van der Waals surface area contributed by atoms with Gasteiger partial charge in [0.15, 0.2) is 4.96 Å². The first-order chi connectivity index (χ1) is 13.1. The molecule has 1 aromatic carbocycles. The highest BCUT2D eigenvalue weighted by Crippen LogP contribution is 2.24. The van der Waals surface area contributed by atoms with Crippen molar-refractivity contribution in [2.24, 2.45) is 0 Å². The molecule has 0 saturated carbocycles. The number of benzene rings is 1. The van der Waals surface area contributed by atoms with Crippen LogP contribution in [-0.2, 0) is 4.79 Å². The molecule has 8 heteroatoms. The van der Waals surface area contributed by atoms with Gasteiger partial charge in [0.05, 0.1) is 5.69 Å². The normalized spacial score (nSPS) is 14.3. The van der Waals surface area contributed by atoms with E-state index in [4.69, 9.17) is 11.6 Å². The van der Waals surface area contributed by atoms with E-state index in [0.29, 0.717) is 30.2 Å². The topological polar surface area (TPSA) is 66.7 Å². The highest BCUT2D eigenvalue weighted by Gasteiger charge is 2.19. The fourth-order valence-corrected chi connectivity index (χ4v) is 4.19. The molecule has 2 amide bonds. The number of likely N-dealkylation sites (tertiary alicyclic amines) is 1. The van der Waals surface area contributed by atoms with Crippen LogP contribution in [0.4, 0.5) is 0 Å². The molecule has 0 radical (unpaired) electrons. The first kappa shape index (κ1) is 18.0. The predicted octanol–water partition coefficient (Wildman–Crippen LogP) is 3.46. The highest BCUT2D eigenvalue weighted by molar-refractivity contribution is 7.15. The number of thiazole rings is 1. The van der Waals surface area contributed by atoms with Crippen molar-refractivity contribution in [3.8, 4) is 11.3 Å². The second kappa shape index (κ2) is 7.70. The zero-order valence-corrected chi connectivity index (χ0v) is 16.2. The third-order valence-electron chi connectivity index (χ3n) is 4.64. The van der Waals surface area contributed by atoms with Crippen LogP contribution in [-0.4, -0.2) is 45.7 Å². The Bertz CT molecular complexity index is 979. The van der Waals surface area contributed by atoms with Gasteiger partial charge in [0.2, 0.25) is 5.91 Å². The number of aromatic nitrogens is 2. The number of carbonyl (C=O) groups excluding carboxylic acids is 2. The summed E-state index contributed by atoms with van der Waals surface area (Å²) >= 11 is 7.37. The largest absolute Gasteiger partial charge is 0.351 e. The molecule has 1 saturated heterocycles. The Balaban J connectivity index is 1.40. The van der Waals surface area contributed by atoms with Crippen molar-refractivity contribution in [3.05, 3.63) is 46.6 Å². The molecule has 4 rings (SSSR count). The number of nitrogens with one attached hydrogen (secondary N) is 1. The van der Waals surface area contributed by atoms with Crippen molar-refractivity contribution < 1.29 is 9.59 Å². The maximum Gasteiger partial charge on any atom is 0.269 e. The number of hydrogen-bond donors (Lipinski definition) is 1. The summed E-state index contributed by atoms with van der Waals surface area (Å²) < 4.78 is 1.81. The van der Waals surface area contributed by atoms with Gasteiger partial charge in [-0.1, -0.05) is 23.7 Å². The van der Waals surface area contributed by atoms with Gasteiger partial charge in [0, 0.05) is 48.2 Å². The van der Waals surface area contributed by atoms with Crippen LogP contribution in [0, 0.1) is 0 Å². The minimum Gasteiger partial charge on any atom is -0.351 e. The molecule has 2 aromatic heterocycles. The molecule has 1 aliphatic rings. The van der Waals surface area contributed by atoms with Gasteiger partial charge in [-0.25, -0.2) is 4.98 Å². The number of carbonyl (C=O) groups is 2. The lowest BCUT2D eigenvalue weighted by Crippen LogP contribution is -2.31. The summed E-state index contributed by atoms with van der Waals surface area (Å²) in [6.45, 7) is 2.07. The third-order valence-corrected chi connectivity index (χ3v) is 5.74. The summed E-state index contributed by atoms with van der Waals surface area (Å²) in [5.41, 5.74) is 2.33. The van der Waals surface area contributed by atoms with Crippen LogP contribution < -0.4 is 5.32 Å². The van der Waals surface area contributed by atoms with Crippen molar-refractivity contribution in [3.63, 3.8) is 0 Å². The Morgan fingerprint density at radius 3 is 2.85 bits per heavy atom. The molecule has 1 fully saturated rings. The summed E-state index contributed by atoms with van der Waals surface area (Å²) in [4.78, 5) is 31.3. The molecule has 0 bridgehead atoms. The first-order valence-corrected chi connectivity index (χ1v) is 10.2. The van der Waals surface area contributed by atoms with E-state index in [-0.39, 0.29) is 11.8 Å². The minimum atomic E-state index is -0.131. The minimum absolute atomic E-state index is 0.131. The number of amides is 2. The second-order valence-electron chi connectivity index (χ2n) is 6.50. The lowest BCUT2D eigenvalue weighted by atomic mass is 10.2. The average molecular weight is 403 g/mol. The van der Waals surface area contributed by atoms with E-state index < -0.39 is 0 Å². The van der Waals surface area contributed by atoms with Gasteiger partial charge in [-0.2, -0.15) is 0 Å². The molecular weight excluding hydrogens is 384 g/mol. The zero-order chi connectivity index (χ0) is 18.8. The maximum absolute atomic E-state index is 12.5. The SMILES string of the molecule is O=C(NCCCN1CCCC1=O)c1csc2nc(-c3ccc(Cl)cc3)cn12. The Hall–Kier alpha value is -2.38. The summed E-state index contributed by atoms with van der Waals surface area (Å²) in [6, 6.07) is 7.47. The van der Waals surface area contributed by atoms with E-state index in [1.165, 1.54) is 11.3 Å². The number of halogens is 1. The van der Waals surface area contributed by atoms with Gasteiger partial charge < -0.3 is 10.2 Å². The van der Waals surface area contributed by atoms with Crippen LogP contribution in [0.25, 0.3) is 16.2 Å². The Morgan fingerprint density at radius 2 is 2.11 bits per heavy atom. The van der Waals surface area contributed by atoms with Gasteiger partial charge in [-0.3, -0.25) is 14.0 Å². The third kappa shape index (κ3) is 3.84. The molecular formula is C19H19ClN4O2S. The molecule has 1 N–H and O–H groups in total. The van der Waals surface area contributed by atoms with E-state index >= 15 is 0 Å². The number of rotatable bonds is 6. The van der Waals surface area contributed by atoms with Crippen molar-refractivity contribution >= 4 is 39.7 Å². The maximum atomic E-state index is 12.5. The standard InChI is InChI=1S/C19H19ClN4O2S/c20-14-6-4-13(5-7-14)15-11-24-16(12-27-19(24)22-15)18(26)21-8-2-10-23-9-1-3-17(23)25/h4-7,11-12H,1-3,8-10H2,(H,21,26). The Morgan fingerprint density at radius 1 is 1.30 bits per heavy atom. The quantitative estimate of drug-likeness (QED) is 0.642. The molecule has 0 spiro atoms. The summed E-state index contributed by atoms with van der Waals surface area (Å²) in [6.07, 6.45) is 4.21. The number of nitrogens with zero attached hydrogens (tertiary/aromatic N) is 3. The molecule has 27 heavy (non-hydrogen) atoms. The van der Waals surface area contributed by atoms with Crippen LogP contribution in [0.15, 0.2) is 35.8 Å². The van der Waals surface area contributed by atoms with Gasteiger partial charge in [0.1, 0.15) is 5.69 Å². The van der Waals surface area contributed by atoms with Gasteiger partial charge in [-0.05, 0) is 25.0 Å². The molecule has 140 valence electrons. The first-order valence-electron chi connectivity index (χ1n) is 8.90. The second-order valence-corrected chi connectivity index (χ2v) is 7.77. The average Bonchev–Trinajstić information content (AvgIpc) is 3.35. The zero-order valence-electron chi connectivity index (χ0n) is 14.7. The summed E-state index contributed by atoms with van der Waals surface area (Å²) in [5, 5.41) is 5.43. The fraction of sp³-hybridized carbons (Fsp3) is 0.316. The lowest BCUT2D eigenvalue weighted by Gasteiger charge is -2.15. The molecule has 3 heterocycles. The molecule has 6 nitrogen and oxygen atoms in total. The van der Waals surface area contributed by atoms with Crippen molar-refractivity contribution in [2.45, 2.75) is 19.3 Å². The fourth-order valence-electron chi connectivity index (χ4n) is 3.21. The number of fused-ring (bicyclic) bond motifs is 1. The Labute approximate surface area is 165 Å². The number of imidazole rings is 1. The van der Waals surface area contributed by atoms with E-state index in [2.05, 4.69) is 10.3 Å². The smallest absolute Gasteiger partial charge is 0.269 e. The van der Waals surface area contributed by atoms with Crippen LogP contribution in [0.3, 0.4) is 0 Å². The van der Waals surface area contributed by atoms with E-state index in [1.807, 2.05) is 45.1 Å². The van der Waals surface area contributed by atoms with E-state index in [0.717, 1.165) is 35.6 Å². The molecule has 0 unspecified atom stereocenters. The monoisotopic (exact) mass is 402 g/mol. The van der Waals surface area contributed by atoms with Crippen LogP contribution in [0.5, 0.6) is 0 Å². The molecule has 3 aromatic rings. The predicted molar refractivity (Wildman–Crippen MR) is 106 cm³/mol. The van der Waals surface area contributed by atoms with Crippen LogP contribution >= 0.6 is 22.9 Å². The van der Waals surface area contributed by atoms with E-state index in [1.54, 1.807) is 0 Å². The summed E-state index contributed by atoms with van der Waals surface area (Å²) in [5.74, 6) is 0.0862. The van der Waals surface area contributed by atoms with Crippen LogP contribution in [0.2, 0.25) is 5.02 Å². The van der Waals surface area contributed by atoms with Crippen LogP contribution in [0.1, 0.15) is 29.8 Å². The van der Waals surface area contributed by atoms with Gasteiger partial charge in [-0.15, -0.1) is 11.3 Å². The molecule has 0 aliphatic carbocycles. The van der Waals surface area contributed by atoms with E-state index in [9.17, 15) is 9.59 Å². The van der Waals surface area contributed by atoms with Crippen molar-refractivity contribution in [1.29, 1.82) is 0 Å². The van der Waals surface area contributed by atoms with Gasteiger partial charge in [0.25, 0.3) is 5.91 Å². The molecule has 0 atom stereocenters. The van der Waals surface area contributed by atoms with Crippen molar-refractivity contribution in [1.82, 2.24) is 19.6 Å². The highest BCUT2D eigenvalue weighted by atomic mass is 35.5.